The number of nitrogens with zero attached hydrogens (tertiary/aromatic N) is 1. The highest BCUT2D eigenvalue weighted by Crippen LogP contribution is 2.49. The lowest BCUT2D eigenvalue weighted by atomic mass is 9.97. The monoisotopic (exact) mass is 295 g/mol. The van der Waals surface area contributed by atoms with E-state index in [1.54, 1.807) is 12.1 Å². The van der Waals surface area contributed by atoms with Gasteiger partial charge in [0.1, 0.15) is 5.60 Å². The van der Waals surface area contributed by atoms with Crippen LogP contribution in [0, 0.1) is 10.1 Å². The van der Waals surface area contributed by atoms with E-state index in [0.29, 0.717) is 6.61 Å². The van der Waals surface area contributed by atoms with E-state index in [1.165, 1.54) is 12.1 Å². The molecule has 0 radical (unpaired) electrons. The van der Waals surface area contributed by atoms with Gasteiger partial charge < -0.3 is 4.74 Å². The Labute approximate surface area is 113 Å². The van der Waals surface area contributed by atoms with Gasteiger partial charge >= 0.3 is 0 Å². The Balaban J connectivity index is 2.20. The average Bonchev–Trinajstić information content (AvgIpc) is 2.96. The number of nitro benzene ring substituents is 1. The minimum Gasteiger partial charge on any atom is -0.364 e. The molecular formula is C10H8Cl3NO3. The molecule has 1 heterocycles. The number of hydrogen-bond acceptors (Lipinski definition) is 3. The molecule has 1 saturated heterocycles. The van der Waals surface area contributed by atoms with E-state index in [9.17, 15) is 10.1 Å². The molecule has 2 rings (SSSR count). The molecule has 1 unspecified atom stereocenters. The maximum Gasteiger partial charge on any atom is 0.269 e. The van der Waals surface area contributed by atoms with Gasteiger partial charge in [0.05, 0.1) is 11.5 Å². The molecule has 17 heavy (non-hydrogen) atoms. The van der Waals surface area contributed by atoms with Gasteiger partial charge in [-0.2, -0.15) is 0 Å². The summed E-state index contributed by atoms with van der Waals surface area (Å²) in [6.45, 7) is 0.457. The maximum atomic E-state index is 10.5. The molecule has 4 nitrogen and oxygen atoms in total. The Morgan fingerprint density at radius 3 is 2.24 bits per heavy atom. The van der Waals surface area contributed by atoms with Crippen LogP contribution in [-0.2, 0) is 10.3 Å². The van der Waals surface area contributed by atoms with Gasteiger partial charge in [-0.25, -0.2) is 0 Å². The fourth-order valence-electron chi connectivity index (χ4n) is 1.67. The van der Waals surface area contributed by atoms with Crippen LogP contribution in [0.1, 0.15) is 12.0 Å². The largest absolute Gasteiger partial charge is 0.364 e. The zero-order valence-electron chi connectivity index (χ0n) is 8.53. The van der Waals surface area contributed by atoms with Crippen LogP contribution in [0.3, 0.4) is 0 Å². The lowest BCUT2D eigenvalue weighted by Crippen LogP contribution is -2.18. The van der Waals surface area contributed by atoms with Crippen molar-refractivity contribution in [3.8, 4) is 0 Å². The highest BCUT2D eigenvalue weighted by molar-refractivity contribution is 6.67. The highest BCUT2D eigenvalue weighted by atomic mass is 35.6. The first-order valence-electron chi connectivity index (χ1n) is 4.78. The fourth-order valence-corrected chi connectivity index (χ4v) is 2.32. The van der Waals surface area contributed by atoms with Crippen molar-refractivity contribution in [1.82, 2.24) is 0 Å². The van der Waals surface area contributed by atoms with Gasteiger partial charge in [0.25, 0.3) is 5.69 Å². The number of hydrogen-bond donors (Lipinski definition) is 0. The van der Waals surface area contributed by atoms with Crippen LogP contribution in [-0.4, -0.2) is 15.3 Å². The van der Waals surface area contributed by atoms with E-state index < -0.39 is 14.3 Å². The first-order valence-corrected chi connectivity index (χ1v) is 5.91. The third-order valence-electron chi connectivity index (χ3n) is 2.58. The van der Waals surface area contributed by atoms with Gasteiger partial charge in [-0.3, -0.25) is 10.1 Å². The summed E-state index contributed by atoms with van der Waals surface area (Å²) < 4.78 is 3.93. The van der Waals surface area contributed by atoms with Gasteiger partial charge in [-0.05, 0) is 17.7 Å². The van der Waals surface area contributed by atoms with E-state index in [1.807, 2.05) is 0 Å². The molecule has 0 amide bonds. The molecule has 0 bridgehead atoms. The van der Waals surface area contributed by atoms with Crippen molar-refractivity contribution in [1.29, 1.82) is 0 Å². The summed E-state index contributed by atoms with van der Waals surface area (Å²) >= 11 is 17.2. The molecule has 7 heteroatoms. The summed E-state index contributed by atoms with van der Waals surface area (Å²) in [5.74, 6) is 0. The number of halogens is 3. The van der Waals surface area contributed by atoms with Crippen molar-refractivity contribution in [2.24, 2.45) is 0 Å². The van der Waals surface area contributed by atoms with Gasteiger partial charge in [-0.15, -0.1) is 0 Å². The molecular weight excluding hydrogens is 288 g/mol. The number of rotatable bonds is 3. The van der Waals surface area contributed by atoms with Crippen LogP contribution in [0.4, 0.5) is 5.69 Å². The van der Waals surface area contributed by atoms with Gasteiger partial charge in [0.15, 0.2) is 3.79 Å². The van der Waals surface area contributed by atoms with Gasteiger partial charge in [0, 0.05) is 18.6 Å². The second-order valence-corrected chi connectivity index (χ2v) is 6.39. The van der Waals surface area contributed by atoms with Crippen molar-refractivity contribution in [2.45, 2.75) is 15.8 Å². The standard InChI is InChI=1S/C10H8Cl3NO3/c11-10(12,13)5-9(6-17-9)7-1-3-8(4-2-7)14(15)16/h1-4H,5-6H2. The summed E-state index contributed by atoms with van der Waals surface area (Å²) in [6.07, 6.45) is 0.225. The predicted molar refractivity (Wildman–Crippen MR) is 65.6 cm³/mol. The normalized spacial score (nSPS) is 23.5. The zero-order valence-corrected chi connectivity index (χ0v) is 10.8. The topological polar surface area (TPSA) is 55.7 Å². The average molecular weight is 297 g/mol. The SMILES string of the molecule is O=[N+]([O-])c1ccc(C2(CC(Cl)(Cl)Cl)CO2)cc1. The summed E-state index contributed by atoms with van der Waals surface area (Å²) in [6, 6.07) is 6.08. The van der Waals surface area contributed by atoms with Crippen LogP contribution in [0.15, 0.2) is 24.3 Å². The Hall–Kier alpha value is -0.550. The first-order chi connectivity index (χ1) is 7.82. The molecule has 0 aliphatic carbocycles. The van der Waals surface area contributed by atoms with Crippen molar-refractivity contribution >= 4 is 40.5 Å². The quantitative estimate of drug-likeness (QED) is 0.371. The molecule has 1 aromatic rings. The van der Waals surface area contributed by atoms with E-state index >= 15 is 0 Å². The lowest BCUT2D eigenvalue weighted by molar-refractivity contribution is -0.384. The second-order valence-electron chi connectivity index (χ2n) is 3.88. The van der Waals surface area contributed by atoms with Crippen LogP contribution >= 0.6 is 34.8 Å². The number of nitro groups is 1. The molecule has 0 N–H and O–H groups in total. The highest BCUT2D eigenvalue weighted by Gasteiger charge is 2.51. The molecule has 1 aromatic carbocycles. The summed E-state index contributed by atoms with van der Waals surface area (Å²) in [5.41, 5.74) is 0.202. The van der Waals surface area contributed by atoms with Crippen molar-refractivity contribution in [2.75, 3.05) is 6.61 Å². The molecule has 1 aliphatic heterocycles. The Kier molecular flexibility index (Phi) is 3.25. The minimum atomic E-state index is -1.40. The summed E-state index contributed by atoms with van der Waals surface area (Å²) in [7, 11) is 0. The van der Waals surface area contributed by atoms with Crippen LogP contribution in [0.2, 0.25) is 0 Å². The molecule has 1 aliphatic rings. The number of non-ortho nitro benzene ring substituents is 1. The Morgan fingerprint density at radius 2 is 1.88 bits per heavy atom. The zero-order chi connectivity index (χ0) is 12.7. The summed E-state index contributed by atoms with van der Waals surface area (Å²) in [4.78, 5) is 10.1. The maximum absolute atomic E-state index is 10.5. The summed E-state index contributed by atoms with van der Waals surface area (Å²) in [5, 5.41) is 10.5. The van der Waals surface area contributed by atoms with Crippen molar-refractivity contribution in [3.05, 3.63) is 39.9 Å². The third kappa shape index (κ3) is 3.01. The third-order valence-corrected chi connectivity index (χ3v) is 2.98. The molecule has 1 fully saturated rings. The fraction of sp³-hybridized carbons (Fsp3) is 0.400. The van der Waals surface area contributed by atoms with E-state index in [4.69, 9.17) is 39.5 Å². The molecule has 92 valence electrons. The van der Waals surface area contributed by atoms with Crippen molar-refractivity contribution < 1.29 is 9.66 Å². The van der Waals surface area contributed by atoms with Gasteiger partial charge in [-0.1, -0.05) is 34.8 Å². The first kappa shape index (κ1) is 12.9. The predicted octanol–water partition coefficient (Wildman–Crippen LogP) is 3.58. The van der Waals surface area contributed by atoms with E-state index in [2.05, 4.69) is 0 Å². The molecule has 1 atom stereocenters. The number of epoxide rings is 1. The Morgan fingerprint density at radius 1 is 1.35 bits per heavy atom. The van der Waals surface area contributed by atoms with E-state index in [-0.39, 0.29) is 12.1 Å². The Bertz CT molecular complexity index is 437. The smallest absolute Gasteiger partial charge is 0.269 e. The molecule has 0 aromatic heterocycles. The molecule has 0 spiro atoms. The van der Waals surface area contributed by atoms with Crippen molar-refractivity contribution in [3.63, 3.8) is 0 Å². The van der Waals surface area contributed by atoms with Crippen LogP contribution in [0.25, 0.3) is 0 Å². The van der Waals surface area contributed by atoms with Crippen LogP contribution < -0.4 is 0 Å². The van der Waals surface area contributed by atoms with E-state index in [0.717, 1.165) is 5.56 Å². The number of benzene rings is 1. The van der Waals surface area contributed by atoms with Crippen LogP contribution in [0.5, 0.6) is 0 Å². The number of alkyl halides is 3. The molecule has 0 saturated carbocycles. The minimum absolute atomic E-state index is 0.0263. The number of ether oxygens (including phenoxy) is 1. The van der Waals surface area contributed by atoms with Gasteiger partial charge in [0.2, 0.25) is 0 Å². The second kappa shape index (κ2) is 4.28. The lowest BCUT2D eigenvalue weighted by Gasteiger charge is -2.17.